The Morgan fingerprint density at radius 1 is 1.27 bits per heavy atom. The van der Waals surface area contributed by atoms with Crippen molar-refractivity contribution in [3.8, 4) is 5.75 Å². The second-order valence-corrected chi connectivity index (χ2v) is 8.26. The maximum absolute atomic E-state index is 13.0. The topological polar surface area (TPSA) is 84.9 Å². The maximum Gasteiger partial charge on any atom is 0.246 e. The van der Waals surface area contributed by atoms with E-state index in [0.717, 1.165) is 12.8 Å². The molecular formula is C18H24N2O5S. The highest BCUT2D eigenvalue weighted by atomic mass is 32.2. The van der Waals surface area contributed by atoms with E-state index in [1.54, 1.807) is 12.1 Å². The molecule has 0 radical (unpaired) electrons. The van der Waals surface area contributed by atoms with Gasteiger partial charge in [-0.3, -0.25) is 4.79 Å². The highest BCUT2D eigenvalue weighted by Crippen LogP contribution is 2.30. The molecule has 1 aliphatic carbocycles. The molecule has 0 spiro atoms. The van der Waals surface area contributed by atoms with Crippen molar-refractivity contribution >= 4 is 21.6 Å². The zero-order chi connectivity index (χ0) is 18.6. The number of hydrogen-bond donors (Lipinski definition) is 1. The first-order valence-electron chi connectivity index (χ1n) is 8.74. The largest absolute Gasteiger partial charge is 0.495 e. The molecule has 2 aliphatic rings. The first kappa shape index (κ1) is 18.9. The van der Waals surface area contributed by atoms with Crippen LogP contribution in [0.15, 0.2) is 35.2 Å². The molecule has 1 aromatic rings. The minimum Gasteiger partial charge on any atom is -0.495 e. The first-order valence-corrected chi connectivity index (χ1v) is 10.2. The number of benzene rings is 1. The minimum atomic E-state index is -3.72. The average molecular weight is 380 g/mol. The van der Waals surface area contributed by atoms with Crippen molar-refractivity contribution in [2.75, 3.05) is 38.7 Å². The molecule has 1 heterocycles. The lowest BCUT2D eigenvalue weighted by atomic mass is 9.93. The zero-order valence-corrected chi connectivity index (χ0v) is 15.6. The van der Waals surface area contributed by atoms with Crippen LogP contribution in [0.5, 0.6) is 5.75 Å². The van der Waals surface area contributed by atoms with Gasteiger partial charge in [0.05, 0.1) is 20.3 Å². The summed E-state index contributed by atoms with van der Waals surface area (Å²) in [7, 11) is -2.29. The number of nitrogens with zero attached hydrogens (tertiary/aromatic N) is 1. The highest BCUT2D eigenvalue weighted by molar-refractivity contribution is 7.89. The molecule has 1 amide bonds. The van der Waals surface area contributed by atoms with Crippen LogP contribution < -0.4 is 10.1 Å². The second kappa shape index (κ2) is 8.20. The number of hydrogen-bond acceptors (Lipinski definition) is 5. The van der Waals surface area contributed by atoms with Gasteiger partial charge < -0.3 is 14.8 Å². The summed E-state index contributed by atoms with van der Waals surface area (Å²) in [6.07, 6.45) is 6.48. The number of carbonyl (C=O) groups excluding carboxylic acids is 1. The number of amides is 1. The number of ether oxygens (including phenoxy) is 2. The fourth-order valence-electron chi connectivity index (χ4n) is 3.16. The van der Waals surface area contributed by atoms with Crippen LogP contribution in [0.1, 0.15) is 19.3 Å². The molecule has 3 rings (SSSR count). The Morgan fingerprint density at radius 3 is 2.69 bits per heavy atom. The lowest BCUT2D eigenvalue weighted by molar-refractivity contribution is -0.120. The van der Waals surface area contributed by atoms with Gasteiger partial charge in [0.2, 0.25) is 15.9 Å². The summed E-state index contributed by atoms with van der Waals surface area (Å²) < 4.78 is 37.8. The van der Waals surface area contributed by atoms with Crippen LogP contribution in [0.25, 0.3) is 0 Å². The fraction of sp³-hybridized carbons (Fsp3) is 0.500. The molecule has 7 nitrogen and oxygen atoms in total. The molecule has 1 aliphatic heterocycles. The van der Waals surface area contributed by atoms with Crippen LogP contribution in [-0.2, 0) is 19.6 Å². The molecule has 142 valence electrons. The molecule has 1 saturated heterocycles. The standard InChI is InChI=1S/C18H24N2O5S/c1-24-16-8-7-15(19-18(21)14-5-3-2-4-6-14)13-17(16)26(22,23)20-9-11-25-12-10-20/h2-3,7-8,13-14H,4-6,9-12H2,1H3,(H,19,21)/t14-/m1/s1. The van der Waals surface area contributed by atoms with E-state index in [1.807, 2.05) is 6.08 Å². The Labute approximate surface area is 154 Å². The number of sulfonamides is 1. The number of morpholine rings is 1. The fourth-order valence-corrected chi connectivity index (χ4v) is 4.75. The predicted molar refractivity (Wildman–Crippen MR) is 97.7 cm³/mol. The number of anilines is 1. The van der Waals surface area contributed by atoms with E-state index in [1.165, 1.54) is 17.5 Å². The summed E-state index contributed by atoms with van der Waals surface area (Å²) in [6.45, 7) is 1.34. The van der Waals surface area contributed by atoms with Gasteiger partial charge in [-0.05, 0) is 37.5 Å². The monoisotopic (exact) mass is 380 g/mol. The minimum absolute atomic E-state index is 0.0586. The molecule has 1 aromatic carbocycles. The van der Waals surface area contributed by atoms with E-state index in [-0.39, 0.29) is 22.5 Å². The SMILES string of the molecule is COc1ccc(NC(=O)[C@@H]2CC=CCC2)cc1S(=O)(=O)N1CCOCC1. The van der Waals surface area contributed by atoms with Crippen molar-refractivity contribution < 1.29 is 22.7 Å². The lowest BCUT2D eigenvalue weighted by Gasteiger charge is -2.27. The third-order valence-corrected chi connectivity index (χ3v) is 6.58. The third kappa shape index (κ3) is 4.08. The van der Waals surface area contributed by atoms with Crippen LogP contribution in [-0.4, -0.2) is 52.0 Å². The number of nitrogens with one attached hydrogen (secondary N) is 1. The first-order chi connectivity index (χ1) is 12.5. The quantitative estimate of drug-likeness (QED) is 0.790. The van der Waals surface area contributed by atoms with Gasteiger partial charge in [-0.1, -0.05) is 12.2 Å². The van der Waals surface area contributed by atoms with Crippen LogP contribution in [0.2, 0.25) is 0 Å². The van der Waals surface area contributed by atoms with Crippen LogP contribution in [0, 0.1) is 5.92 Å². The van der Waals surface area contributed by atoms with Crippen molar-refractivity contribution in [1.82, 2.24) is 4.31 Å². The summed E-state index contributed by atoms with van der Waals surface area (Å²) in [6, 6.07) is 4.71. The van der Waals surface area contributed by atoms with Gasteiger partial charge in [0.1, 0.15) is 10.6 Å². The lowest BCUT2D eigenvalue weighted by Crippen LogP contribution is -2.40. The van der Waals surface area contributed by atoms with Gasteiger partial charge in [0.15, 0.2) is 0 Å². The number of allylic oxidation sites excluding steroid dienone is 2. The van der Waals surface area contributed by atoms with E-state index < -0.39 is 10.0 Å². The zero-order valence-electron chi connectivity index (χ0n) is 14.8. The van der Waals surface area contributed by atoms with Crippen molar-refractivity contribution in [2.24, 2.45) is 5.92 Å². The molecule has 0 saturated carbocycles. The molecule has 0 aromatic heterocycles. The Kier molecular flexibility index (Phi) is 5.95. The van der Waals surface area contributed by atoms with Gasteiger partial charge in [-0.2, -0.15) is 4.31 Å². The third-order valence-electron chi connectivity index (χ3n) is 4.66. The Bertz CT molecular complexity index is 785. The summed E-state index contributed by atoms with van der Waals surface area (Å²) >= 11 is 0. The van der Waals surface area contributed by atoms with Crippen LogP contribution >= 0.6 is 0 Å². The van der Waals surface area contributed by atoms with Gasteiger partial charge in [-0.15, -0.1) is 0 Å². The Balaban J connectivity index is 1.84. The van der Waals surface area contributed by atoms with Gasteiger partial charge in [0.25, 0.3) is 0 Å². The van der Waals surface area contributed by atoms with Crippen LogP contribution in [0.3, 0.4) is 0 Å². The molecule has 1 atom stereocenters. The molecule has 26 heavy (non-hydrogen) atoms. The van der Waals surface area contributed by atoms with E-state index >= 15 is 0 Å². The summed E-state index contributed by atoms with van der Waals surface area (Å²) in [5.74, 6) is 0.0886. The molecule has 8 heteroatoms. The van der Waals surface area contributed by atoms with E-state index in [0.29, 0.717) is 38.4 Å². The Hall–Kier alpha value is -1.90. The van der Waals surface area contributed by atoms with Gasteiger partial charge >= 0.3 is 0 Å². The average Bonchev–Trinajstić information content (AvgIpc) is 2.69. The number of carbonyl (C=O) groups is 1. The molecular weight excluding hydrogens is 356 g/mol. The number of rotatable bonds is 5. The van der Waals surface area contributed by atoms with Crippen molar-refractivity contribution in [3.63, 3.8) is 0 Å². The van der Waals surface area contributed by atoms with Crippen molar-refractivity contribution in [1.29, 1.82) is 0 Å². The summed E-state index contributed by atoms with van der Waals surface area (Å²) in [4.78, 5) is 12.5. The highest BCUT2D eigenvalue weighted by Gasteiger charge is 2.30. The smallest absolute Gasteiger partial charge is 0.246 e. The Morgan fingerprint density at radius 2 is 2.04 bits per heavy atom. The predicted octanol–water partition coefficient (Wildman–Crippen LogP) is 2.01. The molecule has 0 bridgehead atoms. The molecule has 1 fully saturated rings. The van der Waals surface area contributed by atoms with E-state index in [9.17, 15) is 13.2 Å². The van der Waals surface area contributed by atoms with E-state index in [4.69, 9.17) is 9.47 Å². The summed E-state index contributed by atoms with van der Waals surface area (Å²) in [5.41, 5.74) is 0.456. The normalized spacial score (nSPS) is 21.3. The van der Waals surface area contributed by atoms with Crippen molar-refractivity contribution in [2.45, 2.75) is 24.2 Å². The van der Waals surface area contributed by atoms with Gasteiger partial charge in [-0.25, -0.2) is 8.42 Å². The maximum atomic E-state index is 13.0. The molecule has 1 N–H and O–H groups in total. The summed E-state index contributed by atoms with van der Waals surface area (Å²) in [5, 5.41) is 2.84. The molecule has 0 unspecified atom stereocenters. The van der Waals surface area contributed by atoms with Gasteiger partial charge in [0, 0.05) is 24.7 Å². The van der Waals surface area contributed by atoms with Crippen molar-refractivity contribution in [3.05, 3.63) is 30.4 Å². The number of methoxy groups -OCH3 is 1. The second-order valence-electron chi connectivity index (χ2n) is 6.35. The van der Waals surface area contributed by atoms with E-state index in [2.05, 4.69) is 11.4 Å². The van der Waals surface area contributed by atoms with Crippen LogP contribution in [0.4, 0.5) is 5.69 Å².